The van der Waals surface area contributed by atoms with Crippen molar-refractivity contribution in [3.63, 3.8) is 0 Å². The van der Waals surface area contributed by atoms with E-state index < -0.39 is 144 Å². The molecule has 1 fully saturated rings. The van der Waals surface area contributed by atoms with Crippen LogP contribution < -0.4 is 76.9 Å². The monoisotopic (exact) mass is 1240 g/mol. The smallest absolute Gasteiger partial charge is 0.326 e. The third-order valence-electron chi connectivity index (χ3n) is 14.2. The number of phenolic OH excluding ortho intramolecular Hbond substituents is 1. The lowest BCUT2D eigenvalue weighted by Crippen LogP contribution is -2.60. The van der Waals surface area contributed by atoms with Gasteiger partial charge in [0.1, 0.15) is 60.1 Å². The van der Waals surface area contributed by atoms with Crippen molar-refractivity contribution >= 4 is 77.0 Å². The predicted octanol–water partition coefficient (Wildman–Crippen LogP) is -2.91. The van der Waals surface area contributed by atoms with E-state index >= 15 is 0 Å². The molecule has 88 heavy (non-hydrogen) atoms. The number of hydrogen-bond donors (Lipinski definition) is 17. The number of aromatic hydroxyl groups is 1. The number of carboxylic acid groups (broad SMARTS) is 2. The van der Waals surface area contributed by atoms with E-state index in [2.05, 4.69) is 52.5 Å². The summed E-state index contributed by atoms with van der Waals surface area (Å²) in [5.41, 5.74) is 34.5. The Kier molecular flexibility index (Phi) is 33.3. The summed E-state index contributed by atoms with van der Waals surface area (Å²) in [5, 5.41) is 50.3. The van der Waals surface area contributed by atoms with Crippen LogP contribution in [0.4, 0.5) is 0 Å². The largest absolute Gasteiger partial charge is 0.508 e. The second kappa shape index (κ2) is 38.7. The van der Waals surface area contributed by atoms with Gasteiger partial charge in [0.05, 0.1) is 6.04 Å². The molecule has 1 aliphatic rings. The number of nitrogens with zero attached hydrogens (tertiary/aromatic N) is 3. The minimum absolute atomic E-state index is 0.0145. The minimum Gasteiger partial charge on any atom is -0.508 e. The fraction of sp³-hybridized carbons (Fsp3) is 0.667. The number of phenols is 1. The van der Waals surface area contributed by atoms with Crippen molar-refractivity contribution in [1.82, 2.24) is 47.4 Å². The van der Waals surface area contributed by atoms with Gasteiger partial charge in [-0.05, 0) is 126 Å². The highest BCUT2D eigenvalue weighted by molar-refractivity contribution is 5.99. The minimum atomic E-state index is -1.56. The molecule has 10 atom stereocenters. The Morgan fingerprint density at radius 2 is 1.03 bits per heavy atom. The second-order valence-corrected chi connectivity index (χ2v) is 23.2. The Hall–Kier alpha value is -8.35. The fourth-order valence-electron chi connectivity index (χ4n) is 9.54. The van der Waals surface area contributed by atoms with Gasteiger partial charge >= 0.3 is 11.9 Å². The van der Waals surface area contributed by atoms with E-state index in [1.165, 1.54) is 31.2 Å². The van der Waals surface area contributed by atoms with Gasteiger partial charge in [-0.3, -0.25) is 57.9 Å². The lowest BCUT2D eigenvalue weighted by Gasteiger charge is -2.31. The van der Waals surface area contributed by atoms with Crippen LogP contribution >= 0.6 is 0 Å². The number of carbonyl (C=O) groups is 11. The summed E-state index contributed by atoms with van der Waals surface area (Å²) < 4.78 is 0. The Balaban J connectivity index is 2.54. The summed E-state index contributed by atoms with van der Waals surface area (Å²) in [6, 6.07) is -7.40. The first-order valence-corrected chi connectivity index (χ1v) is 29.9. The van der Waals surface area contributed by atoms with Gasteiger partial charge in [0.15, 0.2) is 11.9 Å². The van der Waals surface area contributed by atoms with Crippen LogP contribution in [-0.2, 0) is 59.2 Å². The molecule has 0 aliphatic carbocycles. The summed E-state index contributed by atoms with van der Waals surface area (Å²) in [6.07, 6.45) is 0.449. The summed E-state index contributed by atoms with van der Waals surface area (Å²) in [7, 11) is 0. The van der Waals surface area contributed by atoms with Gasteiger partial charge in [0.25, 0.3) is 0 Å². The molecule has 1 aromatic rings. The normalized spacial score (nSPS) is 16.0. The molecule has 0 unspecified atom stereocenters. The van der Waals surface area contributed by atoms with Gasteiger partial charge in [-0.15, -0.1) is 0 Å². The average molecular weight is 1240 g/mol. The first-order chi connectivity index (χ1) is 41.3. The Bertz CT molecular complexity index is 2560. The van der Waals surface area contributed by atoms with Gasteiger partial charge in [-0.1, -0.05) is 53.7 Å². The molecule has 1 saturated heterocycles. The van der Waals surface area contributed by atoms with Gasteiger partial charge < -0.3 is 97.2 Å². The standard InChI is InChI=1S/C57H97N17O14/c1-30(2)27-36(59)47(79)71-41(28-31(3)4)51(83)68-37(13-8-9-23-58)50(82)72-42(29-34-17-19-35(75)20-18-34)52(84)69-38(14-10-24-64-56(60)61)48(80)66-33(7)46(78)67-39(15-11-25-65-57(62)63)49(81)70-40(21-22-44(76)77)54(86)74-26-12-16-43(74)53(85)73-45(32(5)6)55(87)88/h17-20,30-33,36-43,45,75H,8-16,21-29,58-59H2,1-7H3,(H,66,80)(H,67,78)(H,68,83)(H,69,84)(H,70,81)(H,71,79)(H,72,82)(H,73,85)(H,76,77)(H,87,88)(H4,60,61,64)(H4,62,63,65)/t33-,36-,37-,38-,39-,40-,41-,42-,43-,45-/m0/s1. The zero-order valence-corrected chi connectivity index (χ0v) is 51.7. The highest BCUT2D eigenvalue weighted by Crippen LogP contribution is 2.21. The molecule has 1 heterocycles. The number of nitrogens with one attached hydrogen (secondary N) is 8. The molecule has 494 valence electrons. The number of carboxylic acids is 2. The maximum absolute atomic E-state index is 14.6. The van der Waals surface area contributed by atoms with E-state index in [1.54, 1.807) is 13.8 Å². The Morgan fingerprint density at radius 1 is 0.568 bits per heavy atom. The van der Waals surface area contributed by atoms with Crippen molar-refractivity contribution in [2.45, 2.75) is 199 Å². The Labute approximate surface area is 513 Å². The lowest BCUT2D eigenvalue weighted by molar-refractivity contribution is -0.146. The highest BCUT2D eigenvalue weighted by atomic mass is 16.4. The number of rotatable bonds is 40. The predicted molar refractivity (Wildman–Crippen MR) is 327 cm³/mol. The number of aliphatic carboxylic acids is 2. The second-order valence-electron chi connectivity index (χ2n) is 23.2. The molecule has 23 N–H and O–H groups in total. The molecule has 0 saturated carbocycles. The maximum atomic E-state index is 14.6. The number of amides is 9. The van der Waals surface area contributed by atoms with Gasteiger partial charge in [0.2, 0.25) is 53.2 Å². The van der Waals surface area contributed by atoms with Crippen molar-refractivity contribution < 1.29 is 68.1 Å². The molecule has 9 amide bonds. The summed E-state index contributed by atoms with van der Waals surface area (Å²) in [4.78, 5) is 159. The molecule has 1 aromatic carbocycles. The third kappa shape index (κ3) is 28.0. The zero-order chi connectivity index (χ0) is 66.4. The number of likely N-dealkylation sites (tertiary alicyclic amines) is 1. The first kappa shape index (κ1) is 75.7. The molecular formula is C57H97N17O14. The van der Waals surface area contributed by atoms with E-state index in [1.807, 2.05) is 27.7 Å². The Morgan fingerprint density at radius 3 is 1.52 bits per heavy atom. The summed E-state index contributed by atoms with van der Waals surface area (Å²) >= 11 is 0. The van der Waals surface area contributed by atoms with E-state index in [0.29, 0.717) is 31.2 Å². The molecule has 0 radical (unpaired) electrons. The zero-order valence-electron chi connectivity index (χ0n) is 51.7. The van der Waals surface area contributed by atoms with Crippen LogP contribution in [0.5, 0.6) is 5.75 Å². The van der Waals surface area contributed by atoms with E-state index in [0.717, 1.165) is 4.90 Å². The van der Waals surface area contributed by atoms with Crippen molar-refractivity contribution in [3.8, 4) is 5.75 Å². The SMILES string of the molecule is CC(C)C[C@H](NC(=O)[C@@H](N)CC(C)C)C(=O)N[C@@H](CCCCN)C(=O)N[C@@H](Cc1ccc(O)cc1)C(=O)N[C@@H](CCCN=C(N)N)C(=O)N[C@@H](C)C(=O)N[C@@H](CCCN=C(N)N)C(=O)N[C@@H](CCC(=O)O)C(=O)N1CCC[C@H]1C(=O)N[C@H](C(=O)O)C(C)C. The number of guanidine groups is 2. The molecule has 0 aromatic heterocycles. The van der Waals surface area contributed by atoms with Crippen molar-refractivity contribution in [2.75, 3.05) is 26.2 Å². The van der Waals surface area contributed by atoms with Crippen LogP contribution in [0.1, 0.15) is 138 Å². The van der Waals surface area contributed by atoms with Crippen molar-refractivity contribution in [3.05, 3.63) is 29.8 Å². The molecule has 0 spiro atoms. The van der Waals surface area contributed by atoms with Gasteiger partial charge in [-0.25, -0.2) is 4.79 Å². The topological polar surface area (TPSA) is 529 Å². The first-order valence-electron chi connectivity index (χ1n) is 29.9. The van der Waals surface area contributed by atoms with Crippen LogP contribution in [0.25, 0.3) is 0 Å². The number of nitrogens with two attached hydrogens (primary N) is 6. The molecule has 31 heteroatoms. The van der Waals surface area contributed by atoms with Crippen molar-refractivity contribution in [2.24, 2.45) is 62.1 Å². The number of aliphatic imine (C=N–C) groups is 2. The number of unbranched alkanes of at least 4 members (excludes halogenated alkanes) is 1. The van der Waals surface area contributed by atoms with E-state index in [-0.39, 0.29) is 107 Å². The maximum Gasteiger partial charge on any atom is 0.326 e. The third-order valence-corrected chi connectivity index (χ3v) is 14.2. The molecule has 2 rings (SSSR count). The molecular weight excluding hydrogens is 1150 g/mol. The highest BCUT2D eigenvalue weighted by Gasteiger charge is 2.41. The molecule has 1 aliphatic heterocycles. The summed E-state index contributed by atoms with van der Waals surface area (Å²) in [5.74, 6) is -11.1. The van der Waals surface area contributed by atoms with Crippen molar-refractivity contribution in [1.29, 1.82) is 0 Å². The average Bonchev–Trinajstić information content (AvgIpc) is 4.11. The number of benzene rings is 1. The number of hydrogen-bond acceptors (Lipinski definition) is 16. The van der Waals surface area contributed by atoms with Crippen LogP contribution in [0.3, 0.4) is 0 Å². The molecule has 0 bridgehead atoms. The lowest BCUT2D eigenvalue weighted by atomic mass is 9.99. The van der Waals surface area contributed by atoms with E-state index in [4.69, 9.17) is 34.4 Å². The fourth-order valence-corrected chi connectivity index (χ4v) is 9.54. The van der Waals surface area contributed by atoms with Crippen LogP contribution in [0.2, 0.25) is 0 Å². The molecule has 31 nitrogen and oxygen atoms in total. The van der Waals surface area contributed by atoms with Crippen LogP contribution in [0.15, 0.2) is 34.3 Å². The number of carbonyl (C=O) groups excluding carboxylic acids is 9. The van der Waals surface area contributed by atoms with Crippen LogP contribution in [0, 0.1) is 17.8 Å². The summed E-state index contributed by atoms with van der Waals surface area (Å²) in [6.45, 7) is 12.2. The van der Waals surface area contributed by atoms with Crippen LogP contribution in [-0.4, -0.2) is 184 Å². The quantitative estimate of drug-likeness (QED) is 0.0178. The van der Waals surface area contributed by atoms with E-state index in [9.17, 15) is 68.1 Å². The van der Waals surface area contributed by atoms with Gasteiger partial charge in [0, 0.05) is 32.5 Å². The van der Waals surface area contributed by atoms with Gasteiger partial charge in [-0.2, -0.15) is 0 Å².